The van der Waals surface area contributed by atoms with E-state index in [1.165, 1.54) is 0 Å². The molecule has 18 heavy (non-hydrogen) atoms. The minimum Gasteiger partial charge on any atom is -0.486 e. The molecule has 2 rings (SSSR count). The third-order valence-corrected chi connectivity index (χ3v) is 2.83. The molecule has 0 saturated heterocycles. The highest BCUT2D eigenvalue weighted by molar-refractivity contribution is 5.94. The molecule has 0 aliphatic carbocycles. The number of hydrogen-bond donors (Lipinski definition) is 1. The number of ether oxygens (including phenoxy) is 2. The van der Waals surface area contributed by atoms with Crippen LogP contribution in [-0.2, 0) is 0 Å². The molecule has 0 fully saturated rings. The van der Waals surface area contributed by atoms with Crippen LogP contribution in [0.1, 0.15) is 16.8 Å². The first kappa shape index (κ1) is 12.7. The van der Waals surface area contributed by atoms with E-state index in [0.717, 1.165) is 6.42 Å². The largest absolute Gasteiger partial charge is 0.486 e. The zero-order chi connectivity index (χ0) is 13.0. The maximum absolute atomic E-state index is 12.1. The number of carbonyl (C=O) groups is 1. The molecule has 1 aromatic rings. The smallest absolute Gasteiger partial charge is 0.253 e. The van der Waals surface area contributed by atoms with Crippen LogP contribution >= 0.6 is 0 Å². The van der Waals surface area contributed by atoms with Crippen molar-refractivity contribution in [1.82, 2.24) is 4.90 Å². The third-order valence-electron chi connectivity index (χ3n) is 2.83. The Kier molecular flexibility index (Phi) is 4.04. The Labute approximate surface area is 106 Å². The van der Waals surface area contributed by atoms with Gasteiger partial charge in [-0.1, -0.05) is 0 Å². The van der Waals surface area contributed by atoms with Crippen molar-refractivity contribution in [3.8, 4) is 11.5 Å². The molecule has 0 radical (unpaired) electrons. The van der Waals surface area contributed by atoms with Gasteiger partial charge in [-0.05, 0) is 31.2 Å². The van der Waals surface area contributed by atoms with Gasteiger partial charge in [0.2, 0.25) is 0 Å². The second kappa shape index (κ2) is 5.73. The number of nitrogens with zero attached hydrogens (tertiary/aromatic N) is 1. The van der Waals surface area contributed by atoms with Gasteiger partial charge in [0.25, 0.3) is 5.91 Å². The van der Waals surface area contributed by atoms with E-state index in [9.17, 15) is 4.79 Å². The molecule has 1 aliphatic heterocycles. The Bertz CT molecular complexity index is 434. The van der Waals surface area contributed by atoms with Crippen LogP contribution in [0.4, 0.5) is 0 Å². The number of nitrogens with two attached hydrogens (primary N) is 1. The van der Waals surface area contributed by atoms with Crippen LogP contribution < -0.4 is 15.2 Å². The second-order valence-electron chi connectivity index (χ2n) is 4.23. The molecule has 1 amide bonds. The zero-order valence-corrected chi connectivity index (χ0v) is 10.5. The van der Waals surface area contributed by atoms with E-state index in [0.29, 0.717) is 43.4 Å². The number of amides is 1. The van der Waals surface area contributed by atoms with Gasteiger partial charge >= 0.3 is 0 Å². The molecule has 0 atom stereocenters. The minimum atomic E-state index is -0.0274. The topological polar surface area (TPSA) is 64.8 Å². The SMILES string of the molecule is CN(CCCN)C(=O)c1ccc2c(c1)OCCO2. The van der Waals surface area contributed by atoms with Crippen LogP contribution in [0, 0.1) is 0 Å². The van der Waals surface area contributed by atoms with Crippen LogP contribution in [0.15, 0.2) is 18.2 Å². The van der Waals surface area contributed by atoms with Crippen molar-refractivity contribution in [3.05, 3.63) is 23.8 Å². The predicted molar refractivity (Wildman–Crippen MR) is 68.1 cm³/mol. The Hall–Kier alpha value is -1.75. The van der Waals surface area contributed by atoms with Crippen molar-refractivity contribution in [2.24, 2.45) is 5.73 Å². The van der Waals surface area contributed by atoms with Gasteiger partial charge in [-0.25, -0.2) is 0 Å². The first-order valence-corrected chi connectivity index (χ1v) is 6.07. The lowest BCUT2D eigenvalue weighted by atomic mass is 10.1. The lowest BCUT2D eigenvalue weighted by molar-refractivity contribution is 0.0793. The molecular formula is C13H18N2O3. The van der Waals surface area contributed by atoms with Gasteiger partial charge in [-0.15, -0.1) is 0 Å². The monoisotopic (exact) mass is 250 g/mol. The second-order valence-corrected chi connectivity index (χ2v) is 4.23. The van der Waals surface area contributed by atoms with Gasteiger partial charge in [0.15, 0.2) is 11.5 Å². The Morgan fingerprint density at radius 1 is 1.33 bits per heavy atom. The van der Waals surface area contributed by atoms with Crippen molar-refractivity contribution in [2.75, 3.05) is 33.4 Å². The molecule has 5 nitrogen and oxygen atoms in total. The Balaban J connectivity index is 2.10. The fraction of sp³-hybridized carbons (Fsp3) is 0.462. The number of carbonyl (C=O) groups excluding carboxylic acids is 1. The number of fused-ring (bicyclic) bond motifs is 1. The average Bonchev–Trinajstić information content (AvgIpc) is 2.43. The minimum absolute atomic E-state index is 0.0274. The Morgan fingerprint density at radius 3 is 2.78 bits per heavy atom. The van der Waals surface area contributed by atoms with E-state index in [2.05, 4.69) is 0 Å². The lowest BCUT2D eigenvalue weighted by Crippen LogP contribution is -2.29. The third kappa shape index (κ3) is 2.73. The standard InChI is InChI=1S/C13H18N2O3/c1-15(6-2-5-14)13(16)10-3-4-11-12(9-10)18-8-7-17-11/h3-4,9H,2,5-8,14H2,1H3. The predicted octanol–water partition coefficient (Wildman–Crippen LogP) is 0.879. The summed E-state index contributed by atoms with van der Waals surface area (Å²) in [6, 6.07) is 5.27. The summed E-state index contributed by atoms with van der Waals surface area (Å²) in [6.45, 7) is 2.31. The molecule has 0 aromatic heterocycles. The Morgan fingerprint density at radius 2 is 2.06 bits per heavy atom. The molecule has 0 saturated carbocycles. The summed E-state index contributed by atoms with van der Waals surface area (Å²) in [4.78, 5) is 13.8. The van der Waals surface area contributed by atoms with Crippen molar-refractivity contribution in [3.63, 3.8) is 0 Å². The van der Waals surface area contributed by atoms with Crippen LogP contribution in [0.2, 0.25) is 0 Å². The molecule has 98 valence electrons. The van der Waals surface area contributed by atoms with Crippen molar-refractivity contribution < 1.29 is 14.3 Å². The quantitative estimate of drug-likeness (QED) is 0.861. The summed E-state index contributed by atoms with van der Waals surface area (Å²) in [5.41, 5.74) is 6.04. The summed E-state index contributed by atoms with van der Waals surface area (Å²) in [5, 5.41) is 0. The number of rotatable bonds is 4. The van der Waals surface area contributed by atoms with Gasteiger partial charge in [-0.2, -0.15) is 0 Å². The molecular weight excluding hydrogens is 232 g/mol. The van der Waals surface area contributed by atoms with Crippen LogP contribution in [0.5, 0.6) is 11.5 Å². The van der Waals surface area contributed by atoms with Gasteiger partial charge in [-0.3, -0.25) is 4.79 Å². The molecule has 5 heteroatoms. The molecule has 0 spiro atoms. The summed E-state index contributed by atoms with van der Waals surface area (Å²) in [5.74, 6) is 1.31. The zero-order valence-electron chi connectivity index (χ0n) is 10.5. The fourth-order valence-corrected chi connectivity index (χ4v) is 1.83. The van der Waals surface area contributed by atoms with Gasteiger partial charge < -0.3 is 20.1 Å². The first-order chi connectivity index (χ1) is 8.72. The van der Waals surface area contributed by atoms with Crippen LogP contribution in [0.3, 0.4) is 0 Å². The van der Waals surface area contributed by atoms with E-state index < -0.39 is 0 Å². The van der Waals surface area contributed by atoms with Crippen molar-refractivity contribution >= 4 is 5.91 Å². The molecule has 0 bridgehead atoms. The maximum atomic E-state index is 12.1. The normalized spacial score (nSPS) is 13.2. The van der Waals surface area contributed by atoms with E-state index in [1.54, 1.807) is 30.1 Å². The molecule has 1 heterocycles. The highest BCUT2D eigenvalue weighted by Crippen LogP contribution is 2.30. The molecule has 1 aliphatic rings. The summed E-state index contributed by atoms with van der Waals surface area (Å²) in [6.07, 6.45) is 0.798. The molecule has 0 unspecified atom stereocenters. The molecule has 1 aromatic carbocycles. The highest BCUT2D eigenvalue weighted by atomic mass is 16.6. The van der Waals surface area contributed by atoms with E-state index in [-0.39, 0.29) is 5.91 Å². The fourth-order valence-electron chi connectivity index (χ4n) is 1.83. The molecule has 2 N–H and O–H groups in total. The van der Waals surface area contributed by atoms with Gasteiger partial charge in [0.05, 0.1) is 0 Å². The lowest BCUT2D eigenvalue weighted by Gasteiger charge is -2.20. The van der Waals surface area contributed by atoms with Gasteiger partial charge in [0, 0.05) is 19.2 Å². The van der Waals surface area contributed by atoms with Crippen LogP contribution in [-0.4, -0.2) is 44.2 Å². The van der Waals surface area contributed by atoms with Gasteiger partial charge in [0.1, 0.15) is 13.2 Å². The van der Waals surface area contributed by atoms with E-state index in [4.69, 9.17) is 15.2 Å². The average molecular weight is 250 g/mol. The van der Waals surface area contributed by atoms with Crippen molar-refractivity contribution in [1.29, 1.82) is 0 Å². The van der Waals surface area contributed by atoms with Crippen LogP contribution in [0.25, 0.3) is 0 Å². The van der Waals surface area contributed by atoms with E-state index >= 15 is 0 Å². The highest BCUT2D eigenvalue weighted by Gasteiger charge is 2.16. The first-order valence-electron chi connectivity index (χ1n) is 6.07. The van der Waals surface area contributed by atoms with Crippen molar-refractivity contribution in [2.45, 2.75) is 6.42 Å². The maximum Gasteiger partial charge on any atom is 0.253 e. The summed E-state index contributed by atoms with van der Waals surface area (Å²) < 4.78 is 10.9. The number of hydrogen-bond acceptors (Lipinski definition) is 4. The summed E-state index contributed by atoms with van der Waals surface area (Å²) in [7, 11) is 1.77. The summed E-state index contributed by atoms with van der Waals surface area (Å²) >= 11 is 0. The van der Waals surface area contributed by atoms with E-state index in [1.807, 2.05) is 0 Å². The number of benzene rings is 1.